The fourth-order valence-electron chi connectivity index (χ4n) is 3.33. The Morgan fingerprint density at radius 3 is 2.25 bits per heavy atom. The maximum absolute atomic E-state index is 12.1. The topological polar surface area (TPSA) is 53.5 Å². The van der Waals surface area contributed by atoms with E-state index in [1.807, 2.05) is 55.5 Å². The van der Waals surface area contributed by atoms with Gasteiger partial charge in [0.15, 0.2) is 0 Å². The van der Waals surface area contributed by atoms with Crippen LogP contribution in [0.4, 0.5) is 5.69 Å². The van der Waals surface area contributed by atoms with Gasteiger partial charge < -0.3 is 5.32 Å². The standard InChI is InChI=1S/C24H21N3O/c1-17-7-6-10-20(13-17)25-16-24(28)27-26-15-23-21-11-4-2-8-18(21)14-19-9-3-5-12-22(19)23/h2-15,25H,16H2,1H3,(H,27,28). The molecule has 0 bridgehead atoms. The van der Waals surface area contributed by atoms with Gasteiger partial charge in [0.1, 0.15) is 0 Å². The zero-order valence-electron chi connectivity index (χ0n) is 15.6. The molecular weight excluding hydrogens is 346 g/mol. The van der Waals surface area contributed by atoms with Crippen molar-refractivity contribution in [3.63, 3.8) is 0 Å². The van der Waals surface area contributed by atoms with Crippen LogP contribution in [0.25, 0.3) is 21.5 Å². The van der Waals surface area contributed by atoms with E-state index in [4.69, 9.17) is 0 Å². The fourth-order valence-corrected chi connectivity index (χ4v) is 3.33. The van der Waals surface area contributed by atoms with E-state index in [-0.39, 0.29) is 12.5 Å². The average Bonchev–Trinajstić information content (AvgIpc) is 2.72. The van der Waals surface area contributed by atoms with E-state index in [1.165, 1.54) is 0 Å². The molecule has 138 valence electrons. The van der Waals surface area contributed by atoms with Gasteiger partial charge in [0.05, 0.1) is 12.8 Å². The molecule has 28 heavy (non-hydrogen) atoms. The fraction of sp³-hybridized carbons (Fsp3) is 0.0833. The molecule has 0 aliphatic heterocycles. The normalized spacial score (nSPS) is 11.2. The second-order valence-corrected chi connectivity index (χ2v) is 6.75. The maximum Gasteiger partial charge on any atom is 0.259 e. The number of rotatable bonds is 5. The molecule has 2 N–H and O–H groups in total. The van der Waals surface area contributed by atoms with Gasteiger partial charge in [-0.3, -0.25) is 4.79 Å². The van der Waals surface area contributed by atoms with Crippen molar-refractivity contribution < 1.29 is 4.79 Å². The summed E-state index contributed by atoms with van der Waals surface area (Å²) in [6.45, 7) is 2.18. The van der Waals surface area contributed by atoms with Gasteiger partial charge in [-0.25, -0.2) is 5.43 Å². The lowest BCUT2D eigenvalue weighted by atomic mass is 9.97. The van der Waals surface area contributed by atoms with Gasteiger partial charge in [-0.2, -0.15) is 5.10 Å². The van der Waals surface area contributed by atoms with Crippen LogP contribution in [0.1, 0.15) is 11.1 Å². The van der Waals surface area contributed by atoms with E-state index >= 15 is 0 Å². The first kappa shape index (κ1) is 17.7. The molecule has 0 aliphatic carbocycles. The summed E-state index contributed by atoms with van der Waals surface area (Å²) in [5.74, 6) is -0.192. The van der Waals surface area contributed by atoms with Crippen LogP contribution in [0.5, 0.6) is 0 Å². The summed E-state index contributed by atoms with van der Waals surface area (Å²) in [4.78, 5) is 12.1. The summed E-state index contributed by atoms with van der Waals surface area (Å²) in [5.41, 5.74) is 5.67. The summed E-state index contributed by atoms with van der Waals surface area (Å²) in [7, 11) is 0. The number of anilines is 1. The molecule has 0 fully saturated rings. The zero-order valence-corrected chi connectivity index (χ0v) is 15.6. The molecule has 4 heteroatoms. The van der Waals surface area contributed by atoms with E-state index < -0.39 is 0 Å². The van der Waals surface area contributed by atoms with E-state index in [9.17, 15) is 4.79 Å². The number of carbonyl (C=O) groups is 1. The zero-order chi connectivity index (χ0) is 19.3. The van der Waals surface area contributed by atoms with Crippen LogP contribution in [0.15, 0.2) is 84.0 Å². The molecule has 0 unspecified atom stereocenters. The third kappa shape index (κ3) is 3.86. The van der Waals surface area contributed by atoms with Crippen LogP contribution >= 0.6 is 0 Å². The highest BCUT2D eigenvalue weighted by Gasteiger charge is 2.06. The number of benzene rings is 4. The van der Waals surface area contributed by atoms with E-state index in [0.29, 0.717) is 0 Å². The van der Waals surface area contributed by atoms with Crippen molar-refractivity contribution >= 4 is 39.4 Å². The third-order valence-electron chi connectivity index (χ3n) is 4.67. The van der Waals surface area contributed by atoms with Gasteiger partial charge in [0.25, 0.3) is 5.91 Å². The van der Waals surface area contributed by atoms with Crippen LogP contribution in [-0.4, -0.2) is 18.7 Å². The number of hydrogen-bond donors (Lipinski definition) is 2. The first-order valence-electron chi connectivity index (χ1n) is 9.24. The van der Waals surface area contributed by atoms with Crippen LogP contribution < -0.4 is 10.7 Å². The molecule has 0 radical (unpaired) electrons. The summed E-state index contributed by atoms with van der Waals surface area (Å²) < 4.78 is 0. The molecule has 0 aliphatic rings. The summed E-state index contributed by atoms with van der Waals surface area (Å²) in [5, 5.41) is 11.8. The number of hydrazone groups is 1. The van der Waals surface area contributed by atoms with Gasteiger partial charge in [0.2, 0.25) is 0 Å². The number of carbonyl (C=O) groups excluding carboxylic acids is 1. The molecule has 4 rings (SSSR count). The number of nitrogens with zero attached hydrogens (tertiary/aromatic N) is 1. The Bertz CT molecular complexity index is 1130. The number of nitrogens with one attached hydrogen (secondary N) is 2. The molecule has 0 saturated carbocycles. The van der Waals surface area contributed by atoms with Gasteiger partial charge in [-0.05, 0) is 52.2 Å². The van der Waals surface area contributed by atoms with E-state index in [2.05, 4.69) is 46.2 Å². The van der Waals surface area contributed by atoms with Crippen LogP contribution in [0.3, 0.4) is 0 Å². The predicted molar refractivity (Wildman–Crippen MR) is 117 cm³/mol. The quantitative estimate of drug-likeness (QED) is 0.301. The monoisotopic (exact) mass is 367 g/mol. The third-order valence-corrected chi connectivity index (χ3v) is 4.67. The minimum Gasteiger partial charge on any atom is -0.376 e. The molecule has 4 aromatic carbocycles. The van der Waals surface area contributed by atoms with Crippen molar-refractivity contribution in [2.75, 3.05) is 11.9 Å². The second-order valence-electron chi connectivity index (χ2n) is 6.75. The molecule has 0 heterocycles. The number of aryl methyl sites for hydroxylation is 1. The highest BCUT2D eigenvalue weighted by molar-refractivity contribution is 6.13. The second kappa shape index (κ2) is 7.92. The van der Waals surface area contributed by atoms with Crippen molar-refractivity contribution in [3.8, 4) is 0 Å². The summed E-state index contributed by atoms with van der Waals surface area (Å²) in [6, 6.07) is 26.5. The Morgan fingerprint density at radius 1 is 0.893 bits per heavy atom. The molecule has 0 saturated heterocycles. The Kier molecular flexibility index (Phi) is 5.02. The van der Waals surface area contributed by atoms with Crippen molar-refractivity contribution in [2.45, 2.75) is 6.92 Å². The molecule has 1 amide bonds. The molecule has 0 spiro atoms. The Labute approximate surface area is 163 Å². The van der Waals surface area contributed by atoms with Crippen molar-refractivity contribution in [1.29, 1.82) is 0 Å². The average molecular weight is 367 g/mol. The number of hydrogen-bond acceptors (Lipinski definition) is 3. The molecule has 4 aromatic rings. The number of amides is 1. The maximum atomic E-state index is 12.1. The van der Waals surface area contributed by atoms with Gasteiger partial charge in [-0.1, -0.05) is 60.7 Å². The van der Waals surface area contributed by atoms with Crippen LogP contribution in [0.2, 0.25) is 0 Å². The van der Waals surface area contributed by atoms with E-state index in [1.54, 1.807) is 6.21 Å². The predicted octanol–water partition coefficient (Wildman–Crippen LogP) is 4.86. The van der Waals surface area contributed by atoms with Crippen molar-refractivity contribution in [3.05, 3.63) is 90.0 Å². The number of fused-ring (bicyclic) bond motifs is 2. The van der Waals surface area contributed by atoms with Gasteiger partial charge in [-0.15, -0.1) is 0 Å². The highest BCUT2D eigenvalue weighted by Crippen LogP contribution is 2.27. The molecule has 0 atom stereocenters. The summed E-state index contributed by atoms with van der Waals surface area (Å²) >= 11 is 0. The minimum absolute atomic E-state index is 0.164. The molecule has 0 aromatic heterocycles. The van der Waals surface area contributed by atoms with Crippen LogP contribution in [-0.2, 0) is 4.79 Å². The first-order valence-corrected chi connectivity index (χ1v) is 9.24. The summed E-state index contributed by atoms with van der Waals surface area (Å²) in [6.07, 6.45) is 1.73. The Morgan fingerprint density at radius 2 is 1.57 bits per heavy atom. The van der Waals surface area contributed by atoms with Gasteiger partial charge >= 0.3 is 0 Å². The first-order chi connectivity index (χ1) is 13.7. The van der Waals surface area contributed by atoms with Crippen molar-refractivity contribution in [2.24, 2.45) is 5.10 Å². The smallest absolute Gasteiger partial charge is 0.259 e. The lowest BCUT2D eigenvalue weighted by molar-refractivity contribution is -0.119. The highest BCUT2D eigenvalue weighted by atomic mass is 16.2. The SMILES string of the molecule is Cc1cccc(NCC(=O)NN=Cc2c3ccccc3cc3ccccc23)c1. The Hall–Kier alpha value is -3.66. The molecular formula is C24H21N3O. The Balaban J connectivity index is 1.52. The van der Waals surface area contributed by atoms with E-state index in [0.717, 1.165) is 38.4 Å². The lowest BCUT2D eigenvalue weighted by Gasteiger charge is -2.08. The van der Waals surface area contributed by atoms with Crippen LogP contribution in [0, 0.1) is 6.92 Å². The van der Waals surface area contributed by atoms with Gasteiger partial charge in [0, 0.05) is 11.3 Å². The lowest BCUT2D eigenvalue weighted by Crippen LogP contribution is -2.25. The molecule has 4 nitrogen and oxygen atoms in total. The largest absolute Gasteiger partial charge is 0.376 e. The van der Waals surface area contributed by atoms with Crippen molar-refractivity contribution in [1.82, 2.24) is 5.43 Å². The minimum atomic E-state index is -0.192.